The van der Waals surface area contributed by atoms with Gasteiger partial charge < -0.3 is 10.7 Å². The van der Waals surface area contributed by atoms with Crippen molar-refractivity contribution in [3.05, 3.63) is 6.33 Å². The molecular formula is C6H6N6. The van der Waals surface area contributed by atoms with Gasteiger partial charge in [-0.25, -0.2) is 9.98 Å². The van der Waals surface area contributed by atoms with Gasteiger partial charge >= 0.3 is 0 Å². The van der Waals surface area contributed by atoms with Gasteiger partial charge in [-0.2, -0.15) is 9.97 Å². The van der Waals surface area contributed by atoms with Gasteiger partial charge in [0.05, 0.1) is 6.33 Å². The molecule has 0 bridgehead atoms. The smallest absolute Gasteiger partial charge is 0.224 e. The van der Waals surface area contributed by atoms with Crippen molar-refractivity contribution < 1.29 is 0 Å². The van der Waals surface area contributed by atoms with Crippen LogP contribution in [0.3, 0.4) is 0 Å². The van der Waals surface area contributed by atoms with Gasteiger partial charge in [-0.05, 0) is 6.72 Å². The second-order valence-electron chi connectivity index (χ2n) is 2.16. The number of aromatic nitrogens is 4. The zero-order valence-electron chi connectivity index (χ0n) is 6.15. The van der Waals surface area contributed by atoms with Crippen LogP contribution in [-0.4, -0.2) is 26.7 Å². The molecule has 0 aliphatic carbocycles. The Morgan fingerprint density at radius 2 is 2.33 bits per heavy atom. The number of nitrogens with zero attached hydrogens (tertiary/aromatic N) is 4. The van der Waals surface area contributed by atoms with E-state index in [1.165, 1.54) is 6.33 Å². The van der Waals surface area contributed by atoms with Gasteiger partial charge in [0.25, 0.3) is 0 Å². The Kier molecular flexibility index (Phi) is 1.26. The van der Waals surface area contributed by atoms with Crippen LogP contribution in [0.4, 0.5) is 11.8 Å². The van der Waals surface area contributed by atoms with E-state index in [1.807, 2.05) is 0 Å². The molecule has 6 heteroatoms. The van der Waals surface area contributed by atoms with Gasteiger partial charge in [0.1, 0.15) is 0 Å². The minimum Gasteiger partial charge on any atom is -0.368 e. The number of aliphatic imine (C=N–C) groups is 1. The number of rotatable bonds is 1. The summed E-state index contributed by atoms with van der Waals surface area (Å²) in [6.45, 7) is 3.35. The molecule has 0 amide bonds. The van der Waals surface area contributed by atoms with E-state index in [4.69, 9.17) is 5.73 Å². The number of fused-ring (bicyclic) bond motifs is 1. The molecule has 0 saturated heterocycles. The number of aromatic amines is 1. The first-order valence-corrected chi connectivity index (χ1v) is 3.24. The van der Waals surface area contributed by atoms with Crippen LogP contribution in [0.15, 0.2) is 11.3 Å². The Morgan fingerprint density at radius 1 is 1.50 bits per heavy atom. The highest BCUT2D eigenvalue weighted by molar-refractivity contribution is 5.82. The van der Waals surface area contributed by atoms with E-state index in [0.29, 0.717) is 17.0 Å². The Balaban J connectivity index is 2.88. The van der Waals surface area contributed by atoms with Gasteiger partial charge in [0, 0.05) is 0 Å². The molecule has 0 aliphatic rings. The molecule has 2 heterocycles. The van der Waals surface area contributed by atoms with Crippen LogP contribution < -0.4 is 5.73 Å². The van der Waals surface area contributed by atoms with Crippen LogP contribution in [0.25, 0.3) is 11.2 Å². The van der Waals surface area contributed by atoms with Crippen molar-refractivity contribution in [2.45, 2.75) is 0 Å². The fourth-order valence-electron chi connectivity index (χ4n) is 0.948. The first-order chi connectivity index (χ1) is 5.81. The van der Waals surface area contributed by atoms with Crippen LogP contribution >= 0.6 is 0 Å². The fraction of sp³-hybridized carbons (Fsp3) is 0. The average Bonchev–Trinajstić information content (AvgIpc) is 2.50. The highest BCUT2D eigenvalue weighted by Gasteiger charge is 2.05. The molecule has 12 heavy (non-hydrogen) atoms. The highest BCUT2D eigenvalue weighted by atomic mass is 15.1. The summed E-state index contributed by atoms with van der Waals surface area (Å²) in [6, 6.07) is 0. The van der Waals surface area contributed by atoms with Gasteiger partial charge in [-0.3, -0.25) is 0 Å². The average molecular weight is 162 g/mol. The Morgan fingerprint density at radius 3 is 3.08 bits per heavy atom. The van der Waals surface area contributed by atoms with Gasteiger partial charge in [0.15, 0.2) is 17.0 Å². The van der Waals surface area contributed by atoms with Crippen molar-refractivity contribution in [3.8, 4) is 0 Å². The Bertz CT molecular complexity index is 431. The highest BCUT2D eigenvalue weighted by Crippen LogP contribution is 2.18. The van der Waals surface area contributed by atoms with E-state index in [-0.39, 0.29) is 5.95 Å². The van der Waals surface area contributed by atoms with Crippen molar-refractivity contribution >= 4 is 29.6 Å². The monoisotopic (exact) mass is 162 g/mol. The third kappa shape index (κ3) is 0.815. The van der Waals surface area contributed by atoms with E-state index in [1.54, 1.807) is 0 Å². The topological polar surface area (TPSA) is 92.8 Å². The minimum atomic E-state index is 0.161. The van der Waals surface area contributed by atoms with Crippen molar-refractivity contribution in [1.29, 1.82) is 0 Å². The number of hydrogen-bond donors (Lipinski definition) is 2. The van der Waals surface area contributed by atoms with E-state index < -0.39 is 0 Å². The number of anilines is 1. The summed E-state index contributed by atoms with van der Waals surface area (Å²) in [7, 11) is 0. The molecule has 2 aromatic rings. The zero-order valence-corrected chi connectivity index (χ0v) is 6.15. The van der Waals surface area contributed by atoms with Gasteiger partial charge in [-0.15, -0.1) is 0 Å². The third-order valence-corrected chi connectivity index (χ3v) is 1.43. The normalized spacial score (nSPS) is 10.3. The lowest BCUT2D eigenvalue weighted by Crippen LogP contribution is -1.94. The van der Waals surface area contributed by atoms with E-state index in [2.05, 4.69) is 31.6 Å². The van der Waals surface area contributed by atoms with E-state index in [9.17, 15) is 0 Å². The number of nitrogen functional groups attached to an aromatic ring is 1. The molecule has 0 atom stereocenters. The number of nitrogens with two attached hydrogens (primary N) is 1. The first kappa shape index (κ1) is 6.71. The van der Waals surface area contributed by atoms with Crippen molar-refractivity contribution in [2.24, 2.45) is 4.99 Å². The number of hydrogen-bond acceptors (Lipinski definition) is 5. The van der Waals surface area contributed by atoms with Crippen LogP contribution in [0.1, 0.15) is 0 Å². The summed E-state index contributed by atoms with van der Waals surface area (Å²) in [5.41, 5.74) is 6.56. The lowest BCUT2D eigenvalue weighted by Gasteiger charge is -1.94. The summed E-state index contributed by atoms with van der Waals surface area (Å²) in [5, 5.41) is 0. The summed E-state index contributed by atoms with van der Waals surface area (Å²) in [6.07, 6.45) is 1.51. The molecule has 6 nitrogen and oxygen atoms in total. The summed E-state index contributed by atoms with van der Waals surface area (Å²) >= 11 is 0. The molecule has 60 valence electrons. The summed E-state index contributed by atoms with van der Waals surface area (Å²) in [4.78, 5) is 18.2. The predicted octanol–water partition coefficient (Wildman–Crippen LogP) is 0.267. The van der Waals surface area contributed by atoms with Gasteiger partial charge in [-0.1, -0.05) is 0 Å². The SMILES string of the molecule is C=Nc1nc(N)nc2[nH]cnc12. The molecule has 2 aromatic heterocycles. The molecule has 0 aromatic carbocycles. The lowest BCUT2D eigenvalue weighted by atomic mass is 10.5. The van der Waals surface area contributed by atoms with Crippen molar-refractivity contribution in [2.75, 3.05) is 5.73 Å². The maximum Gasteiger partial charge on any atom is 0.224 e. The van der Waals surface area contributed by atoms with E-state index in [0.717, 1.165) is 0 Å². The second-order valence-corrected chi connectivity index (χ2v) is 2.16. The molecule has 3 N–H and O–H groups in total. The predicted molar refractivity (Wildman–Crippen MR) is 45.3 cm³/mol. The molecular weight excluding hydrogens is 156 g/mol. The number of imidazole rings is 1. The largest absolute Gasteiger partial charge is 0.368 e. The molecule has 0 saturated carbocycles. The van der Waals surface area contributed by atoms with Crippen molar-refractivity contribution in [1.82, 2.24) is 19.9 Å². The maximum atomic E-state index is 5.40. The quantitative estimate of drug-likeness (QED) is 0.588. The van der Waals surface area contributed by atoms with Crippen LogP contribution in [-0.2, 0) is 0 Å². The number of H-pyrrole nitrogens is 1. The number of nitrogens with one attached hydrogen (secondary N) is 1. The minimum absolute atomic E-state index is 0.161. The molecule has 2 rings (SSSR count). The third-order valence-electron chi connectivity index (χ3n) is 1.43. The summed E-state index contributed by atoms with van der Waals surface area (Å²) < 4.78 is 0. The zero-order chi connectivity index (χ0) is 8.55. The summed E-state index contributed by atoms with van der Waals surface area (Å²) in [5.74, 6) is 0.563. The second kappa shape index (κ2) is 2.26. The van der Waals surface area contributed by atoms with Gasteiger partial charge in [0.2, 0.25) is 5.95 Å². The first-order valence-electron chi connectivity index (χ1n) is 3.24. The van der Waals surface area contributed by atoms with Crippen LogP contribution in [0.5, 0.6) is 0 Å². The lowest BCUT2D eigenvalue weighted by molar-refractivity contribution is 1.20. The Hall–Kier alpha value is -1.98. The molecule has 0 unspecified atom stereocenters. The molecule has 0 radical (unpaired) electrons. The Labute approximate surface area is 67.6 Å². The molecule has 0 spiro atoms. The fourth-order valence-corrected chi connectivity index (χ4v) is 0.948. The molecule has 0 fully saturated rings. The van der Waals surface area contributed by atoms with E-state index >= 15 is 0 Å². The molecule has 0 aliphatic heterocycles. The van der Waals surface area contributed by atoms with Crippen LogP contribution in [0, 0.1) is 0 Å². The maximum absolute atomic E-state index is 5.40. The van der Waals surface area contributed by atoms with Crippen LogP contribution in [0.2, 0.25) is 0 Å². The standard InChI is InChI=1S/C6H6N6/c1-8-4-3-5(10-2-9-3)12-6(7)11-4/h2H,1H2,(H3,7,9,10,11,12). The van der Waals surface area contributed by atoms with Crippen molar-refractivity contribution in [3.63, 3.8) is 0 Å².